The first kappa shape index (κ1) is 15.2. The van der Waals surface area contributed by atoms with Crippen molar-refractivity contribution in [3.05, 3.63) is 17.3 Å². The van der Waals surface area contributed by atoms with Gasteiger partial charge in [0.05, 0.1) is 10.2 Å². The lowest BCUT2D eigenvalue weighted by atomic mass is 9.87. The first-order chi connectivity index (χ1) is 9.53. The van der Waals surface area contributed by atoms with Crippen LogP contribution < -0.4 is 5.32 Å². The maximum atomic E-state index is 4.41. The molecule has 0 atom stereocenters. The molecule has 2 heterocycles. The molecule has 1 N–H and O–H groups in total. The summed E-state index contributed by atoms with van der Waals surface area (Å²) in [5.74, 6) is 0.983. The molecule has 2 aromatic heterocycles. The van der Waals surface area contributed by atoms with Crippen LogP contribution in [0.15, 0.2) is 11.7 Å². The second kappa shape index (κ2) is 6.53. The van der Waals surface area contributed by atoms with E-state index in [0.29, 0.717) is 5.41 Å². The van der Waals surface area contributed by atoms with E-state index >= 15 is 0 Å². The van der Waals surface area contributed by atoms with Gasteiger partial charge in [-0.1, -0.05) is 40.0 Å². The topological polar surface area (TPSA) is 37.8 Å². The molecule has 0 aliphatic carbocycles. The standard InChI is InChI=1S/C16H25N3S/c1-5-6-7-8-16(3,4)10-17-15-14-13(18-11-19-15)12(2)9-20-14/h9,11H,5-8,10H2,1-4H3,(H,17,18,19). The van der Waals surface area contributed by atoms with Gasteiger partial charge in [0.1, 0.15) is 12.1 Å². The largest absolute Gasteiger partial charge is 0.368 e. The molecule has 0 unspecified atom stereocenters. The lowest BCUT2D eigenvalue weighted by Gasteiger charge is -2.25. The van der Waals surface area contributed by atoms with E-state index in [0.717, 1.165) is 17.9 Å². The second-order valence-corrected chi connectivity index (χ2v) is 7.17. The fourth-order valence-corrected chi connectivity index (χ4v) is 3.33. The summed E-state index contributed by atoms with van der Waals surface area (Å²) in [5.41, 5.74) is 2.62. The summed E-state index contributed by atoms with van der Waals surface area (Å²) in [5, 5.41) is 5.68. The van der Waals surface area contributed by atoms with Gasteiger partial charge in [0.15, 0.2) is 0 Å². The average Bonchev–Trinajstić information content (AvgIpc) is 2.79. The molecule has 0 spiro atoms. The Hall–Kier alpha value is -1.16. The molecule has 0 radical (unpaired) electrons. The third kappa shape index (κ3) is 3.69. The third-order valence-electron chi connectivity index (χ3n) is 3.72. The highest BCUT2D eigenvalue weighted by atomic mass is 32.1. The van der Waals surface area contributed by atoms with Gasteiger partial charge in [0.2, 0.25) is 0 Å². The number of nitrogens with zero attached hydrogens (tertiary/aromatic N) is 2. The SMILES string of the molecule is CCCCCC(C)(C)CNc1ncnc2c(C)csc12. The van der Waals surface area contributed by atoms with Gasteiger partial charge in [-0.25, -0.2) is 9.97 Å². The predicted octanol–water partition coefficient (Wildman–Crippen LogP) is 5.02. The van der Waals surface area contributed by atoms with Crippen LogP contribution in [0.1, 0.15) is 52.0 Å². The molecule has 0 amide bonds. The third-order valence-corrected chi connectivity index (χ3v) is 4.82. The molecule has 110 valence electrons. The van der Waals surface area contributed by atoms with Crippen LogP contribution in [0.4, 0.5) is 5.82 Å². The number of fused-ring (bicyclic) bond motifs is 1. The molecule has 0 fully saturated rings. The summed E-state index contributed by atoms with van der Waals surface area (Å²) in [6.45, 7) is 9.97. The Labute approximate surface area is 125 Å². The van der Waals surface area contributed by atoms with Crippen LogP contribution in [0.25, 0.3) is 10.2 Å². The van der Waals surface area contributed by atoms with Gasteiger partial charge in [-0.3, -0.25) is 0 Å². The normalized spacial score (nSPS) is 12.0. The number of thiophene rings is 1. The lowest BCUT2D eigenvalue weighted by molar-refractivity contribution is 0.342. The van der Waals surface area contributed by atoms with Crippen molar-refractivity contribution in [1.29, 1.82) is 0 Å². The smallest absolute Gasteiger partial charge is 0.147 e. The number of anilines is 1. The Morgan fingerprint density at radius 3 is 2.80 bits per heavy atom. The molecule has 0 saturated carbocycles. The van der Waals surface area contributed by atoms with Crippen molar-refractivity contribution in [3.63, 3.8) is 0 Å². The zero-order valence-electron chi connectivity index (χ0n) is 13.0. The number of aryl methyl sites for hydroxylation is 1. The van der Waals surface area contributed by atoms with Crippen LogP contribution in [0.2, 0.25) is 0 Å². The molecule has 0 bridgehead atoms. The van der Waals surface area contributed by atoms with Gasteiger partial charge in [-0.2, -0.15) is 0 Å². The average molecular weight is 291 g/mol. The monoisotopic (exact) mass is 291 g/mol. The van der Waals surface area contributed by atoms with Crippen molar-refractivity contribution >= 4 is 27.4 Å². The highest BCUT2D eigenvalue weighted by Crippen LogP contribution is 2.30. The van der Waals surface area contributed by atoms with Crippen molar-refractivity contribution in [3.8, 4) is 0 Å². The van der Waals surface area contributed by atoms with Crippen molar-refractivity contribution in [2.75, 3.05) is 11.9 Å². The minimum atomic E-state index is 0.304. The first-order valence-corrected chi connectivity index (χ1v) is 8.34. The molecule has 2 aromatic rings. The Kier molecular flexibility index (Phi) is 4.97. The van der Waals surface area contributed by atoms with Crippen LogP contribution in [-0.4, -0.2) is 16.5 Å². The van der Waals surface area contributed by atoms with Crippen molar-refractivity contribution in [2.45, 2.75) is 53.4 Å². The fourth-order valence-electron chi connectivity index (χ4n) is 2.36. The maximum absolute atomic E-state index is 4.41. The number of hydrogen-bond acceptors (Lipinski definition) is 4. The Balaban J connectivity index is 2.02. The molecular weight excluding hydrogens is 266 g/mol. The van der Waals surface area contributed by atoms with E-state index in [9.17, 15) is 0 Å². The van der Waals surface area contributed by atoms with Crippen molar-refractivity contribution in [2.24, 2.45) is 5.41 Å². The van der Waals surface area contributed by atoms with E-state index in [1.54, 1.807) is 17.7 Å². The minimum absolute atomic E-state index is 0.304. The zero-order chi connectivity index (χ0) is 14.6. The molecule has 0 aliphatic heterocycles. The highest BCUT2D eigenvalue weighted by molar-refractivity contribution is 7.18. The molecule has 20 heavy (non-hydrogen) atoms. The zero-order valence-corrected chi connectivity index (χ0v) is 13.8. The van der Waals surface area contributed by atoms with Gasteiger partial charge in [-0.15, -0.1) is 11.3 Å². The quantitative estimate of drug-likeness (QED) is 0.728. The van der Waals surface area contributed by atoms with Gasteiger partial charge < -0.3 is 5.32 Å². The molecule has 4 heteroatoms. The van der Waals surface area contributed by atoms with E-state index in [2.05, 4.69) is 48.4 Å². The van der Waals surface area contributed by atoms with E-state index in [4.69, 9.17) is 0 Å². The van der Waals surface area contributed by atoms with E-state index < -0.39 is 0 Å². The number of hydrogen-bond donors (Lipinski definition) is 1. The highest BCUT2D eigenvalue weighted by Gasteiger charge is 2.18. The summed E-state index contributed by atoms with van der Waals surface area (Å²) in [6.07, 6.45) is 6.83. The predicted molar refractivity (Wildman–Crippen MR) is 88.6 cm³/mol. The van der Waals surface area contributed by atoms with Gasteiger partial charge in [0, 0.05) is 6.54 Å². The molecule has 0 saturated heterocycles. The summed E-state index contributed by atoms with van der Waals surface area (Å²) in [7, 11) is 0. The van der Waals surface area contributed by atoms with Gasteiger partial charge in [-0.05, 0) is 29.7 Å². The number of nitrogens with one attached hydrogen (secondary N) is 1. The summed E-state index contributed by atoms with van der Waals surface area (Å²) < 4.78 is 1.18. The summed E-state index contributed by atoms with van der Waals surface area (Å²) >= 11 is 1.73. The van der Waals surface area contributed by atoms with Crippen LogP contribution in [0.3, 0.4) is 0 Å². The maximum Gasteiger partial charge on any atom is 0.147 e. The fraction of sp³-hybridized carbons (Fsp3) is 0.625. The van der Waals surface area contributed by atoms with Gasteiger partial charge >= 0.3 is 0 Å². The number of rotatable bonds is 7. The van der Waals surface area contributed by atoms with E-state index in [-0.39, 0.29) is 0 Å². The summed E-state index contributed by atoms with van der Waals surface area (Å²) in [4.78, 5) is 8.77. The first-order valence-electron chi connectivity index (χ1n) is 7.46. The van der Waals surface area contributed by atoms with Crippen LogP contribution in [0, 0.1) is 12.3 Å². The molecule has 2 rings (SSSR count). The van der Waals surface area contributed by atoms with E-state index in [1.165, 1.54) is 35.9 Å². The van der Waals surface area contributed by atoms with E-state index in [1.807, 2.05) is 0 Å². The van der Waals surface area contributed by atoms with Crippen molar-refractivity contribution < 1.29 is 0 Å². The Bertz CT molecular complexity index is 560. The van der Waals surface area contributed by atoms with Crippen LogP contribution in [0.5, 0.6) is 0 Å². The molecule has 3 nitrogen and oxygen atoms in total. The molecular formula is C16H25N3S. The van der Waals surface area contributed by atoms with Crippen molar-refractivity contribution in [1.82, 2.24) is 9.97 Å². The second-order valence-electron chi connectivity index (χ2n) is 6.29. The van der Waals surface area contributed by atoms with Gasteiger partial charge in [0.25, 0.3) is 0 Å². The van der Waals surface area contributed by atoms with Crippen LogP contribution in [-0.2, 0) is 0 Å². The summed E-state index contributed by atoms with van der Waals surface area (Å²) in [6, 6.07) is 0. The Morgan fingerprint density at radius 1 is 1.25 bits per heavy atom. The molecule has 0 aliphatic rings. The Morgan fingerprint density at radius 2 is 2.05 bits per heavy atom. The lowest BCUT2D eigenvalue weighted by Crippen LogP contribution is -2.23. The minimum Gasteiger partial charge on any atom is -0.368 e. The van der Waals surface area contributed by atoms with Crippen LogP contribution >= 0.6 is 11.3 Å². The number of aromatic nitrogens is 2. The molecule has 0 aromatic carbocycles. The number of unbranched alkanes of at least 4 members (excludes halogenated alkanes) is 2.